The number of hydrogen-bond donors (Lipinski definition) is 1. The summed E-state index contributed by atoms with van der Waals surface area (Å²) in [4.78, 5) is 14.1. The molecule has 0 heterocycles. The van der Waals surface area contributed by atoms with Crippen molar-refractivity contribution in [1.29, 1.82) is 0 Å². The number of benzene rings is 3. The van der Waals surface area contributed by atoms with Crippen LogP contribution in [0.3, 0.4) is 0 Å². The molecule has 0 unspecified atom stereocenters. The molecule has 1 atom stereocenters. The summed E-state index contributed by atoms with van der Waals surface area (Å²) < 4.78 is 5.17. The van der Waals surface area contributed by atoms with Crippen LogP contribution in [0.2, 0.25) is 5.02 Å². The molecule has 3 nitrogen and oxygen atoms in total. The molecule has 5 heteroatoms. The molecule has 3 rings (SSSR count). The van der Waals surface area contributed by atoms with Gasteiger partial charge in [-0.2, -0.15) is 0 Å². The number of hydrogen-bond acceptors (Lipinski definition) is 4. The van der Waals surface area contributed by atoms with Crippen LogP contribution in [-0.4, -0.2) is 19.1 Å². The lowest BCUT2D eigenvalue weighted by molar-refractivity contribution is 0.0976. The Bertz CT molecular complexity index is 909. The van der Waals surface area contributed by atoms with E-state index < -0.39 is 0 Å². The molecule has 0 aromatic heterocycles. The van der Waals surface area contributed by atoms with Crippen LogP contribution in [0.1, 0.15) is 28.4 Å². The third-order valence-electron chi connectivity index (χ3n) is 4.50. The van der Waals surface area contributed by atoms with E-state index in [-0.39, 0.29) is 11.8 Å². The fourth-order valence-electron chi connectivity index (χ4n) is 2.92. The summed E-state index contributed by atoms with van der Waals surface area (Å²) in [6, 6.07) is 22.9. The van der Waals surface area contributed by atoms with Crippen LogP contribution in [-0.2, 0) is 0 Å². The molecule has 3 aromatic rings. The number of Topliss-reactive ketones (excluding diaryl/α,β-unsaturated/α-hetero) is 1. The van der Waals surface area contributed by atoms with Gasteiger partial charge >= 0.3 is 0 Å². The molecule has 0 aliphatic carbocycles. The van der Waals surface area contributed by atoms with E-state index in [4.69, 9.17) is 16.3 Å². The van der Waals surface area contributed by atoms with Gasteiger partial charge in [-0.15, -0.1) is 11.8 Å². The molecule has 0 saturated carbocycles. The van der Waals surface area contributed by atoms with E-state index in [0.29, 0.717) is 17.0 Å². The number of methoxy groups -OCH3 is 1. The minimum absolute atomic E-state index is 0.0723. The molecule has 144 valence electrons. The summed E-state index contributed by atoms with van der Waals surface area (Å²) in [7, 11) is 1.61. The summed E-state index contributed by atoms with van der Waals surface area (Å²) in [5, 5.41) is 4.15. The monoisotopic (exact) mass is 411 g/mol. The van der Waals surface area contributed by atoms with Crippen molar-refractivity contribution in [3.63, 3.8) is 0 Å². The van der Waals surface area contributed by atoms with Gasteiger partial charge in [-0.3, -0.25) is 4.79 Å². The van der Waals surface area contributed by atoms with Gasteiger partial charge in [-0.1, -0.05) is 23.7 Å². The molecule has 0 fully saturated rings. The molecule has 1 N–H and O–H groups in total. The lowest BCUT2D eigenvalue weighted by Crippen LogP contribution is -2.16. The Labute approximate surface area is 175 Å². The van der Waals surface area contributed by atoms with Crippen LogP contribution in [0, 0.1) is 0 Å². The summed E-state index contributed by atoms with van der Waals surface area (Å²) in [6.07, 6.45) is 2.39. The zero-order chi connectivity index (χ0) is 19.9. The highest BCUT2D eigenvalue weighted by atomic mass is 35.5. The Kier molecular flexibility index (Phi) is 7.01. The number of carbonyl (C=O) groups is 1. The maximum absolute atomic E-state index is 12.9. The molecule has 28 heavy (non-hydrogen) atoms. The van der Waals surface area contributed by atoms with E-state index in [1.54, 1.807) is 31.0 Å². The van der Waals surface area contributed by atoms with Crippen molar-refractivity contribution >= 4 is 34.8 Å². The number of ketones is 1. The number of carbonyl (C=O) groups excluding carboxylic acids is 1. The maximum atomic E-state index is 12.9. The Morgan fingerprint density at radius 1 is 1.00 bits per heavy atom. The molecule has 0 aliphatic heterocycles. The second-order valence-electron chi connectivity index (χ2n) is 6.33. The number of halogens is 1. The SMILES string of the molecule is COc1ccc(C(=O)C[C@H](Nc2ccc(Cl)cc2)c2ccc(SC)cc2)cc1. The zero-order valence-corrected chi connectivity index (χ0v) is 17.4. The fourth-order valence-corrected chi connectivity index (χ4v) is 3.45. The summed E-state index contributed by atoms with van der Waals surface area (Å²) >= 11 is 7.69. The van der Waals surface area contributed by atoms with Crippen molar-refractivity contribution in [2.24, 2.45) is 0 Å². The average Bonchev–Trinajstić information content (AvgIpc) is 2.75. The lowest BCUT2D eigenvalue weighted by atomic mass is 9.97. The second-order valence-corrected chi connectivity index (χ2v) is 7.65. The van der Waals surface area contributed by atoms with Gasteiger partial charge in [0.05, 0.1) is 13.2 Å². The standard InChI is InChI=1S/C23H22ClNO2S/c1-27-20-11-3-17(4-12-20)23(26)15-22(16-5-13-21(28-2)14-6-16)25-19-9-7-18(24)8-10-19/h3-14,22,25H,15H2,1-2H3/t22-/m0/s1. The zero-order valence-electron chi connectivity index (χ0n) is 15.8. The van der Waals surface area contributed by atoms with Gasteiger partial charge in [-0.05, 0) is 72.5 Å². The Balaban J connectivity index is 1.83. The molecule has 0 bridgehead atoms. The van der Waals surface area contributed by atoms with Gasteiger partial charge in [0, 0.05) is 27.6 Å². The summed E-state index contributed by atoms with van der Waals surface area (Å²) in [5.41, 5.74) is 2.66. The third-order valence-corrected chi connectivity index (χ3v) is 5.50. The first-order valence-electron chi connectivity index (χ1n) is 8.92. The molecule has 0 aliphatic rings. The van der Waals surface area contributed by atoms with Crippen LogP contribution in [0.25, 0.3) is 0 Å². The second kappa shape index (κ2) is 9.67. The quantitative estimate of drug-likeness (QED) is 0.339. The highest BCUT2D eigenvalue weighted by molar-refractivity contribution is 7.98. The topological polar surface area (TPSA) is 38.3 Å². The number of ether oxygens (including phenoxy) is 1. The van der Waals surface area contributed by atoms with Crippen molar-refractivity contribution in [3.05, 3.63) is 88.9 Å². The molecule has 0 saturated heterocycles. The summed E-state index contributed by atoms with van der Waals surface area (Å²) in [5.74, 6) is 0.808. The number of rotatable bonds is 8. The smallest absolute Gasteiger partial charge is 0.165 e. The van der Waals surface area contributed by atoms with E-state index in [9.17, 15) is 4.79 Å². The van der Waals surface area contributed by atoms with Crippen LogP contribution < -0.4 is 10.1 Å². The molecule has 0 spiro atoms. The highest BCUT2D eigenvalue weighted by Crippen LogP contribution is 2.27. The van der Waals surface area contributed by atoms with E-state index in [2.05, 4.69) is 29.6 Å². The normalized spacial score (nSPS) is 11.7. The first-order chi connectivity index (χ1) is 13.6. The number of thioether (sulfide) groups is 1. The van der Waals surface area contributed by atoms with Crippen LogP contribution in [0.4, 0.5) is 5.69 Å². The van der Waals surface area contributed by atoms with Crippen LogP contribution >= 0.6 is 23.4 Å². The Hall–Kier alpha value is -2.43. The predicted molar refractivity (Wildman–Crippen MR) is 118 cm³/mol. The van der Waals surface area contributed by atoms with E-state index in [1.165, 1.54) is 4.90 Å². The number of nitrogens with one attached hydrogen (secondary N) is 1. The maximum Gasteiger partial charge on any atom is 0.165 e. The number of anilines is 1. The molecule has 0 amide bonds. The van der Waals surface area contributed by atoms with Gasteiger partial charge in [-0.25, -0.2) is 0 Å². The average molecular weight is 412 g/mol. The van der Waals surface area contributed by atoms with E-state index in [1.807, 2.05) is 42.7 Å². The molecular weight excluding hydrogens is 390 g/mol. The minimum Gasteiger partial charge on any atom is -0.497 e. The Morgan fingerprint density at radius 2 is 1.64 bits per heavy atom. The molecule has 0 radical (unpaired) electrons. The lowest BCUT2D eigenvalue weighted by Gasteiger charge is -2.20. The van der Waals surface area contributed by atoms with Gasteiger partial charge in [0.1, 0.15) is 5.75 Å². The molecule has 3 aromatic carbocycles. The van der Waals surface area contributed by atoms with Crippen LogP contribution in [0.5, 0.6) is 5.75 Å². The van der Waals surface area contributed by atoms with Gasteiger partial charge < -0.3 is 10.1 Å². The first-order valence-corrected chi connectivity index (χ1v) is 10.5. The fraction of sp³-hybridized carbons (Fsp3) is 0.174. The first kappa shape index (κ1) is 20.3. The molecular formula is C23H22ClNO2S. The van der Waals surface area contributed by atoms with Crippen molar-refractivity contribution in [3.8, 4) is 5.75 Å². The van der Waals surface area contributed by atoms with Crippen molar-refractivity contribution < 1.29 is 9.53 Å². The van der Waals surface area contributed by atoms with Crippen molar-refractivity contribution in [2.45, 2.75) is 17.4 Å². The van der Waals surface area contributed by atoms with E-state index >= 15 is 0 Å². The van der Waals surface area contributed by atoms with Crippen molar-refractivity contribution in [2.75, 3.05) is 18.7 Å². The van der Waals surface area contributed by atoms with Crippen molar-refractivity contribution in [1.82, 2.24) is 0 Å². The predicted octanol–water partition coefficient (Wildman–Crippen LogP) is 6.50. The van der Waals surface area contributed by atoms with E-state index in [0.717, 1.165) is 17.0 Å². The van der Waals surface area contributed by atoms with Gasteiger partial charge in [0.15, 0.2) is 5.78 Å². The van der Waals surface area contributed by atoms with Gasteiger partial charge in [0.25, 0.3) is 0 Å². The summed E-state index contributed by atoms with van der Waals surface area (Å²) in [6.45, 7) is 0. The Morgan fingerprint density at radius 3 is 2.21 bits per heavy atom. The van der Waals surface area contributed by atoms with Crippen LogP contribution in [0.15, 0.2) is 77.7 Å². The minimum atomic E-state index is -0.147. The largest absolute Gasteiger partial charge is 0.497 e. The third kappa shape index (κ3) is 5.31. The van der Waals surface area contributed by atoms with Gasteiger partial charge in [0.2, 0.25) is 0 Å². The highest BCUT2D eigenvalue weighted by Gasteiger charge is 2.18.